The molecular weight excluding hydrogens is 485 g/mol. The van der Waals surface area contributed by atoms with Gasteiger partial charge in [0.25, 0.3) is 0 Å². The van der Waals surface area contributed by atoms with Crippen LogP contribution in [0.25, 0.3) is 21.9 Å². The molecule has 7 heteroatoms. The molecule has 0 fully saturated rings. The highest BCUT2D eigenvalue weighted by Crippen LogP contribution is 2.32. The van der Waals surface area contributed by atoms with Gasteiger partial charge < -0.3 is 4.57 Å². The quantitative estimate of drug-likeness (QED) is 0.230. The maximum absolute atomic E-state index is 13.1. The average molecular weight is 511 g/mol. The Bertz CT molecular complexity index is 1610. The molecular formula is C31H25F3N4. The molecule has 0 amide bonds. The zero-order valence-corrected chi connectivity index (χ0v) is 20.8. The topological polar surface area (TPSA) is 44.9 Å². The van der Waals surface area contributed by atoms with Gasteiger partial charge in [0, 0.05) is 38.4 Å². The maximum atomic E-state index is 13.1. The van der Waals surface area contributed by atoms with Gasteiger partial charge in [0.05, 0.1) is 29.2 Å². The predicted molar refractivity (Wildman–Crippen MR) is 142 cm³/mol. The van der Waals surface area contributed by atoms with E-state index in [9.17, 15) is 18.4 Å². The molecule has 0 saturated carbocycles. The number of imidazole rings is 1. The second kappa shape index (κ2) is 10.5. The van der Waals surface area contributed by atoms with E-state index in [1.54, 1.807) is 12.5 Å². The van der Waals surface area contributed by atoms with Crippen molar-refractivity contribution in [1.29, 1.82) is 5.26 Å². The number of fused-ring (bicyclic) bond motifs is 1. The van der Waals surface area contributed by atoms with Gasteiger partial charge in [-0.2, -0.15) is 18.4 Å². The number of nitrogens with zero attached hydrogens (tertiary/aromatic N) is 4. The van der Waals surface area contributed by atoms with E-state index in [4.69, 9.17) is 0 Å². The standard InChI is InChI=1S/C31H25F3N4/c1-37-21-36-17-27(37)20-38(18-22-10-13-26(14-11-22)31(32,33)34)19-23-9-12-25(16-35)30(15-23)29-8-4-6-24-5-2-3-7-28(24)29/h2-15,17,21H,18-20H2,1H3. The molecule has 4 nitrogen and oxygen atoms in total. The molecule has 4 aromatic carbocycles. The van der Waals surface area contributed by atoms with Crippen molar-refractivity contribution in [1.82, 2.24) is 14.5 Å². The minimum Gasteiger partial charge on any atom is -0.337 e. The summed E-state index contributed by atoms with van der Waals surface area (Å²) in [6.45, 7) is 1.55. The third-order valence-corrected chi connectivity index (χ3v) is 6.68. The minimum atomic E-state index is -4.37. The van der Waals surface area contributed by atoms with Crippen LogP contribution in [0.4, 0.5) is 13.2 Å². The van der Waals surface area contributed by atoms with Crippen LogP contribution in [-0.2, 0) is 32.9 Å². The molecule has 0 aliphatic carbocycles. The van der Waals surface area contributed by atoms with Crippen molar-refractivity contribution >= 4 is 10.8 Å². The molecule has 0 atom stereocenters. The van der Waals surface area contributed by atoms with Gasteiger partial charge in [-0.1, -0.05) is 60.7 Å². The largest absolute Gasteiger partial charge is 0.416 e. The Balaban J connectivity index is 1.49. The molecule has 0 spiro atoms. The average Bonchev–Trinajstić information content (AvgIpc) is 3.32. The zero-order valence-electron chi connectivity index (χ0n) is 20.8. The van der Waals surface area contributed by atoms with Gasteiger partial charge >= 0.3 is 6.18 Å². The van der Waals surface area contributed by atoms with Crippen LogP contribution in [0, 0.1) is 11.3 Å². The van der Waals surface area contributed by atoms with Gasteiger partial charge in [-0.25, -0.2) is 4.98 Å². The van der Waals surface area contributed by atoms with Crippen LogP contribution in [0.15, 0.2) is 97.5 Å². The van der Waals surface area contributed by atoms with Gasteiger partial charge in [-0.15, -0.1) is 0 Å². The van der Waals surface area contributed by atoms with Gasteiger partial charge in [-0.05, 0) is 51.7 Å². The van der Waals surface area contributed by atoms with E-state index < -0.39 is 11.7 Å². The number of aromatic nitrogens is 2. The molecule has 0 unspecified atom stereocenters. The van der Waals surface area contributed by atoms with Crippen molar-refractivity contribution in [3.05, 3.63) is 125 Å². The fourth-order valence-corrected chi connectivity index (χ4v) is 4.72. The molecule has 0 bridgehead atoms. The van der Waals surface area contributed by atoms with Gasteiger partial charge in [0.15, 0.2) is 0 Å². The van der Waals surface area contributed by atoms with Crippen molar-refractivity contribution in [2.24, 2.45) is 7.05 Å². The van der Waals surface area contributed by atoms with Gasteiger partial charge in [0.2, 0.25) is 0 Å². The van der Waals surface area contributed by atoms with Crippen LogP contribution in [0.1, 0.15) is 27.9 Å². The molecule has 38 heavy (non-hydrogen) atoms. The summed E-state index contributed by atoms with van der Waals surface area (Å²) in [5, 5.41) is 12.0. The first-order valence-electron chi connectivity index (χ1n) is 12.2. The van der Waals surface area contributed by atoms with Crippen LogP contribution in [0.2, 0.25) is 0 Å². The molecule has 0 N–H and O–H groups in total. The Morgan fingerprint density at radius 1 is 0.842 bits per heavy atom. The first-order valence-corrected chi connectivity index (χ1v) is 12.2. The number of halogens is 3. The molecule has 5 aromatic rings. The van der Waals surface area contributed by atoms with E-state index in [0.29, 0.717) is 25.2 Å². The van der Waals surface area contributed by atoms with E-state index in [0.717, 1.165) is 50.9 Å². The number of aryl methyl sites for hydroxylation is 1. The fraction of sp³-hybridized carbons (Fsp3) is 0.161. The van der Waals surface area contributed by atoms with Crippen molar-refractivity contribution in [2.45, 2.75) is 25.8 Å². The lowest BCUT2D eigenvalue weighted by molar-refractivity contribution is -0.137. The third-order valence-electron chi connectivity index (χ3n) is 6.68. The second-order valence-electron chi connectivity index (χ2n) is 9.35. The lowest BCUT2D eigenvalue weighted by Crippen LogP contribution is -2.23. The highest BCUT2D eigenvalue weighted by atomic mass is 19.4. The third kappa shape index (κ3) is 5.46. The minimum absolute atomic E-state index is 0.451. The van der Waals surface area contributed by atoms with Gasteiger partial charge in [0.1, 0.15) is 0 Å². The molecule has 190 valence electrons. The summed E-state index contributed by atoms with van der Waals surface area (Å²) in [6, 6.07) is 27.6. The Labute approximate surface area is 219 Å². The zero-order chi connectivity index (χ0) is 26.7. The molecule has 1 aromatic heterocycles. The van der Waals surface area contributed by atoms with Crippen LogP contribution >= 0.6 is 0 Å². The first-order chi connectivity index (χ1) is 18.3. The SMILES string of the molecule is Cn1cncc1CN(Cc1ccc(C(F)(F)F)cc1)Cc1ccc(C#N)c(-c2cccc3ccccc23)c1. The summed E-state index contributed by atoms with van der Waals surface area (Å²) in [7, 11) is 1.92. The first kappa shape index (κ1) is 25.2. The van der Waals surface area contributed by atoms with Crippen LogP contribution in [0.3, 0.4) is 0 Å². The molecule has 0 aliphatic rings. The Kier molecular flexibility index (Phi) is 6.99. The molecule has 0 saturated heterocycles. The smallest absolute Gasteiger partial charge is 0.337 e. The highest BCUT2D eigenvalue weighted by Gasteiger charge is 2.30. The van der Waals surface area contributed by atoms with E-state index in [1.165, 1.54) is 12.1 Å². The van der Waals surface area contributed by atoms with Crippen LogP contribution in [0.5, 0.6) is 0 Å². The Hall–Kier alpha value is -4.41. The molecule has 1 heterocycles. The fourth-order valence-electron chi connectivity index (χ4n) is 4.72. The molecule has 5 rings (SSSR count). The number of benzene rings is 4. The summed E-state index contributed by atoms with van der Waals surface area (Å²) >= 11 is 0. The molecule has 0 radical (unpaired) electrons. The number of hydrogen-bond acceptors (Lipinski definition) is 3. The Morgan fingerprint density at radius 3 is 2.26 bits per heavy atom. The van der Waals surface area contributed by atoms with Crippen molar-refractivity contribution < 1.29 is 13.2 Å². The monoisotopic (exact) mass is 510 g/mol. The van der Waals surface area contributed by atoms with E-state index in [1.807, 2.05) is 54.1 Å². The summed E-state index contributed by atoms with van der Waals surface area (Å²) < 4.78 is 41.1. The highest BCUT2D eigenvalue weighted by molar-refractivity contribution is 5.97. The summed E-state index contributed by atoms with van der Waals surface area (Å²) in [4.78, 5) is 6.37. The lowest BCUT2D eigenvalue weighted by Gasteiger charge is -2.23. The van der Waals surface area contributed by atoms with E-state index >= 15 is 0 Å². The van der Waals surface area contributed by atoms with Crippen molar-refractivity contribution in [3.63, 3.8) is 0 Å². The summed E-state index contributed by atoms with van der Waals surface area (Å²) in [6.07, 6.45) is -0.848. The summed E-state index contributed by atoms with van der Waals surface area (Å²) in [5.41, 5.74) is 4.54. The van der Waals surface area contributed by atoms with Gasteiger partial charge in [-0.3, -0.25) is 4.90 Å². The maximum Gasteiger partial charge on any atom is 0.416 e. The summed E-state index contributed by atoms with van der Waals surface area (Å²) in [5.74, 6) is 0. The lowest BCUT2D eigenvalue weighted by atomic mass is 9.93. The van der Waals surface area contributed by atoms with E-state index in [2.05, 4.69) is 34.2 Å². The van der Waals surface area contributed by atoms with Crippen molar-refractivity contribution in [2.75, 3.05) is 0 Å². The predicted octanol–water partition coefficient (Wildman–Crippen LogP) is 7.33. The molecule has 0 aliphatic heterocycles. The van der Waals surface area contributed by atoms with Crippen LogP contribution in [-0.4, -0.2) is 14.5 Å². The second-order valence-corrected chi connectivity index (χ2v) is 9.35. The van der Waals surface area contributed by atoms with E-state index in [-0.39, 0.29) is 0 Å². The van der Waals surface area contributed by atoms with Crippen molar-refractivity contribution in [3.8, 4) is 17.2 Å². The number of alkyl halides is 3. The number of nitriles is 1. The number of rotatable bonds is 7. The number of hydrogen-bond donors (Lipinski definition) is 0. The normalized spacial score (nSPS) is 11.7. The Morgan fingerprint density at radius 2 is 1.55 bits per heavy atom. The van der Waals surface area contributed by atoms with Crippen LogP contribution < -0.4 is 0 Å².